The third-order valence-electron chi connectivity index (χ3n) is 4.67. The van der Waals surface area contributed by atoms with Crippen LogP contribution in [0.15, 0.2) is 12.7 Å². The normalized spacial score (nSPS) is 25.0. The van der Waals surface area contributed by atoms with E-state index in [0.29, 0.717) is 13.0 Å². The molecule has 2 aromatic rings. The van der Waals surface area contributed by atoms with Gasteiger partial charge in [-0.15, -0.1) is 0 Å². The van der Waals surface area contributed by atoms with Gasteiger partial charge in [0, 0.05) is 0 Å². The number of nitrogens with zero attached hydrogens (tertiary/aromatic N) is 4. The Bertz CT molecular complexity index is 1030. The number of anilines is 1. The number of carbonyl (C=O) groups excluding carboxylic acids is 1. The quantitative estimate of drug-likeness (QED) is 0.213. The lowest BCUT2D eigenvalue weighted by Gasteiger charge is -2.16. The van der Waals surface area contributed by atoms with Gasteiger partial charge < -0.3 is 32.2 Å². The van der Waals surface area contributed by atoms with Crippen LogP contribution in [0.4, 0.5) is 5.82 Å². The van der Waals surface area contributed by atoms with Crippen LogP contribution in [0.25, 0.3) is 11.2 Å². The Morgan fingerprint density at radius 3 is 2.77 bits per heavy atom. The predicted molar refractivity (Wildman–Crippen MR) is 105 cm³/mol. The summed E-state index contributed by atoms with van der Waals surface area (Å²) in [6, 6.07) is -1.08. The molecule has 0 bridgehead atoms. The van der Waals surface area contributed by atoms with Crippen LogP contribution in [-0.4, -0.2) is 81.6 Å². The fourth-order valence-electron chi connectivity index (χ4n) is 3.01. The Morgan fingerprint density at radius 1 is 1.32 bits per heavy atom. The van der Waals surface area contributed by atoms with Crippen LogP contribution >= 0.6 is 0 Å². The molecule has 1 fully saturated rings. The van der Waals surface area contributed by atoms with Crippen molar-refractivity contribution >= 4 is 33.2 Å². The van der Waals surface area contributed by atoms with Crippen molar-refractivity contribution in [2.45, 2.75) is 43.4 Å². The minimum Gasteiger partial charge on any atom is -0.387 e. The van der Waals surface area contributed by atoms with Crippen molar-refractivity contribution in [1.29, 1.82) is 0 Å². The highest BCUT2D eigenvalue weighted by Crippen LogP contribution is 2.32. The highest BCUT2D eigenvalue weighted by molar-refractivity contribution is 7.85. The number of fused-ring (bicyclic) bond motifs is 1. The van der Waals surface area contributed by atoms with E-state index >= 15 is 0 Å². The summed E-state index contributed by atoms with van der Waals surface area (Å²) in [5.74, 6) is -0.843. The average molecular weight is 460 g/mol. The summed E-state index contributed by atoms with van der Waals surface area (Å²) in [6.45, 7) is -0.380. The largest absolute Gasteiger partial charge is 0.387 e. The number of nitrogen functional groups attached to an aromatic ring is 1. The smallest absolute Gasteiger partial charge is 0.362 e. The maximum atomic E-state index is 12.0. The van der Waals surface area contributed by atoms with E-state index in [1.807, 2.05) is 0 Å². The molecular formula is C15H24N8O7S. The second kappa shape index (κ2) is 9.35. The maximum absolute atomic E-state index is 12.0. The van der Waals surface area contributed by atoms with Gasteiger partial charge in [0.2, 0.25) is 0 Å². The minimum absolute atomic E-state index is 0.114. The molecular weight excluding hydrogens is 436 g/mol. The molecule has 0 unspecified atom stereocenters. The number of ether oxygens (including phenoxy) is 1. The molecule has 0 aliphatic carbocycles. The number of nitrogens with two attached hydrogens (primary N) is 3. The van der Waals surface area contributed by atoms with Gasteiger partial charge in [0.1, 0.15) is 30.2 Å². The Labute approximate surface area is 176 Å². The Kier molecular flexibility index (Phi) is 6.99. The number of aromatic nitrogens is 4. The summed E-state index contributed by atoms with van der Waals surface area (Å²) < 4.78 is 37.3. The Balaban J connectivity index is 1.64. The summed E-state index contributed by atoms with van der Waals surface area (Å²) >= 11 is 0. The van der Waals surface area contributed by atoms with Crippen molar-refractivity contribution in [1.82, 2.24) is 24.2 Å². The van der Waals surface area contributed by atoms with Crippen LogP contribution in [0.3, 0.4) is 0 Å². The molecule has 31 heavy (non-hydrogen) atoms. The molecule has 0 saturated carbocycles. The highest BCUT2D eigenvalue weighted by Gasteiger charge is 2.45. The maximum Gasteiger partial charge on any atom is 0.362 e. The van der Waals surface area contributed by atoms with E-state index in [-0.39, 0.29) is 23.4 Å². The van der Waals surface area contributed by atoms with E-state index in [9.17, 15) is 23.4 Å². The molecule has 0 spiro atoms. The number of aliphatic hydroxyl groups is 2. The molecule has 0 radical (unpaired) electrons. The van der Waals surface area contributed by atoms with Crippen molar-refractivity contribution < 1.29 is 32.3 Å². The second-order valence-electron chi connectivity index (χ2n) is 6.87. The molecule has 1 aliphatic heterocycles. The summed E-state index contributed by atoms with van der Waals surface area (Å²) in [5, 5.41) is 20.6. The van der Waals surface area contributed by atoms with E-state index < -0.39 is 53.4 Å². The number of aliphatic hydroxyl groups excluding tert-OH is 2. The van der Waals surface area contributed by atoms with E-state index in [0.717, 1.165) is 0 Å². The van der Waals surface area contributed by atoms with Crippen molar-refractivity contribution in [2.75, 3.05) is 18.9 Å². The fourth-order valence-corrected chi connectivity index (χ4v) is 3.78. The van der Waals surface area contributed by atoms with Gasteiger partial charge in [-0.2, -0.15) is 8.42 Å². The number of hydrogen-bond donors (Lipinski definition) is 6. The van der Waals surface area contributed by atoms with Crippen molar-refractivity contribution in [2.24, 2.45) is 11.5 Å². The topological polar surface area (TPSA) is 244 Å². The first-order chi connectivity index (χ1) is 14.6. The zero-order valence-electron chi connectivity index (χ0n) is 16.2. The lowest BCUT2D eigenvalue weighted by molar-refractivity contribution is -0.120. The van der Waals surface area contributed by atoms with Crippen molar-refractivity contribution in [3.05, 3.63) is 12.7 Å². The summed E-state index contributed by atoms with van der Waals surface area (Å²) in [5.41, 5.74) is 17.1. The lowest BCUT2D eigenvalue weighted by atomic mass is 10.1. The number of hydrogen-bond acceptors (Lipinski definition) is 13. The molecule has 1 aliphatic rings. The number of carbonyl (C=O) groups is 1. The van der Waals surface area contributed by atoms with Gasteiger partial charge in [-0.25, -0.2) is 19.7 Å². The average Bonchev–Trinajstić information content (AvgIpc) is 3.27. The third-order valence-corrected chi connectivity index (χ3v) is 5.57. The zero-order chi connectivity index (χ0) is 22.8. The number of rotatable bonds is 9. The summed E-state index contributed by atoms with van der Waals surface area (Å²) in [4.78, 5) is 23.7. The van der Waals surface area contributed by atoms with Crippen LogP contribution < -0.4 is 21.9 Å². The molecule has 15 nitrogen and oxygen atoms in total. The first kappa shape index (κ1) is 23.2. The van der Waals surface area contributed by atoms with Gasteiger partial charge in [0.25, 0.3) is 5.91 Å². The molecule has 9 N–H and O–H groups in total. The van der Waals surface area contributed by atoms with Gasteiger partial charge in [-0.05, 0) is 19.4 Å². The lowest BCUT2D eigenvalue weighted by Crippen LogP contribution is -2.45. The zero-order valence-corrected chi connectivity index (χ0v) is 17.1. The Hall–Kier alpha value is -2.47. The second-order valence-corrected chi connectivity index (χ2v) is 8.22. The van der Waals surface area contributed by atoms with E-state index in [1.165, 1.54) is 17.2 Å². The minimum atomic E-state index is -4.53. The van der Waals surface area contributed by atoms with Gasteiger partial charge in [0.15, 0.2) is 17.7 Å². The summed E-state index contributed by atoms with van der Waals surface area (Å²) in [6.07, 6.45) is -2.22. The van der Waals surface area contributed by atoms with Crippen molar-refractivity contribution in [3.8, 4) is 0 Å². The molecule has 1 saturated heterocycles. The van der Waals surface area contributed by atoms with Gasteiger partial charge in [-0.3, -0.25) is 13.5 Å². The van der Waals surface area contributed by atoms with Gasteiger partial charge >= 0.3 is 10.3 Å². The highest BCUT2D eigenvalue weighted by atomic mass is 32.2. The van der Waals surface area contributed by atoms with Gasteiger partial charge in [-0.1, -0.05) is 0 Å². The first-order valence-corrected chi connectivity index (χ1v) is 10.7. The molecule has 3 heterocycles. The first-order valence-electron chi connectivity index (χ1n) is 9.26. The van der Waals surface area contributed by atoms with Crippen LogP contribution in [0.2, 0.25) is 0 Å². The monoisotopic (exact) mass is 460 g/mol. The number of imidazole rings is 1. The molecule has 16 heteroatoms. The Morgan fingerprint density at radius 2 is 2.06 bits per heavy atom. The number of amides is 1. The van der Waals surface area contributed by atoms with Crippen LogP contribution in [-0.2, 0) is 24.0 Å². The van der Waals surface area contributed by atoms with Crippen LogP contribution in [0.1, 0.15) is 19.1 Å². The van der Waals surface area contributed by atoms with E-state index in [2.05, 4.69) is 15.0 Å². The van der Waals surface area contributed by atoms with Crippen molar-refractivity contribution in [3.63, 3.8) is 0 Å². The summed E-state index contributed by atoms with van der Waals surface area (Å²) in [7, 11) is -4.53. The molecule has 0 aromatic carbocycles. The molecule has 5 atom stereocenters. The molecule has 172 valence electrons. The predicted octanol–water partition coefficient (Wildman–Crippen LogP) is -3.53. The van der Waals surface area contributed by atoms with E-state index in [1.54, 1.807) is 4.72 Å². The fraction of sp³-hybridized carbons (Fsp3) is 0.600. The van der Waals surface area contributed by atoms with Crippen LogP contribution in [0.5, 0.6) is 0 Å². The van der Waals surface area contributed by atoms with Crippen LogP contribution in [0, 0.1) is 0 Å². The SMILES string of the molecule is NCCC[C@H](N)C(=O)NS(=O)(=O)OC[C@H]1O[C@@H](n2cnc3c(N)ncnc32)[C@H](O)[C@@H]1O. The standard InChI is InChI=1S/C15H24N8O7S/c16-3-1-2-7(17)14(26)22-31(27,28)29-4-8-10(24)11(25)15(30-8)23-6-21-9-12(18)19-5-20-13(9)23/h5-8,10-11,15,24-25H,1-4,16-17H2,(H,22,26)(H2,18,19,20)/t7-,8+,10+,11+,15+/m0/s1. The molecule has 1 amide bonds. The van der Waals surface area contributed by atoms with E-state index in [4.69, 9.17) is 26.1 Å². The third kappa shape index (κ3) is 5.06. The molecule has 2 aromatic heterocycles. The number of nitrogens with one attached hydrogen (secondary N) is 1. The van der Waals surface area contributed by atoms with Gasteiger partial charge in [0.05, 0.1) is 19.0 Å². The molecule has 3 rings (SSSR count).